The molecule has 1 rings (SSSR count). The maximum Gasteiger partial charge on any atom is 0.308 e. The van der Waals surface area contributed by atoms with E-state index in [1.165, 1.54) is 57.8 Å². The van der Waals surface area contributed by atoms with Gasteiger partial charge in [-0.25, -0.2) is 0 Å². The van der Waals surface area contributed by atoms with Gasteiger partial charge in [0.05, 0.1) is 18.6 Å². The summed E-state index contributed by atoms with van der Waals surface area (Å²) in [6.45, 7) is 2.87. The van der Waals surface area contributed by atoms with Crippen molar-refractivity contribution in [2.45, 2.75) is 103 Å². The lowest BCUT2D eigenvalue weighted by atomic mass is 9.87. The van der Waals surface area contributed by atoms with Gasteiger partial charge in [0, 0.05) is 7.11 Å². The Morgan fingerprint density at radius 2 is 1.35 bits per heavy atom. The minimum atomic E-state index is 0.0236. The molecule has 0 saturated heterocycles. The summed E-state index contributed by atoms with van der Waals surface area (Å²) in [4.78, 5) is 12.0. The third kappa shape index (κ3) is 10.0. The van der Waals surface area contributed by atoms with Gasteiger partial charge < -0.3 is 9.47 Å². The van der Waals surface area contributed by atoms with Crippen LogP contribution in [0.15, 0.2) is 0 Å². The fourth-order valence-electron chi connectivity index (χ4n) is 3.41. The third-order valence-corrected chi connectivity index (χ3v) is 5.08. The van der Waals surface area contributed by atoms with Crippen LogP contribution < -0.4 is 0 Å². The molecule has 1 saturated carbocycles. The predicted octanol–water partition coefficient (Wildman–Crippen LogP) is 5.66. The van der Waals surface area contributed by atoms with Crippen molar-refractivity contribution in [3.05, 3.63) is 0 Å². The van der Waals surface area contributed by atoms with E-state index in [-0.39, 0.29) is 11.9 Å². The van der Waals surface area contributed by atoms with Crippen LogP contribution in [-0.4, -0.2) is 25.8 Å². The molecule has 0 unspecified atom stereocenters. The molecule has 1 aliphatic rings. The van der Waals surface area contributed by atoms with Crippen molar-refractivity contribution in [3.8, 4) is 0 Å². The second kappa shape index (κ2) is 13.8. The van der Waals surface area contributed by atoms with E-state index in [4.69, 9.17) is 9.47 Å². The van der Waals surface area contributed by atoms with Gasteiger partial charge in [-0.15, -0.1) is 0 Å². The molecular weight excluding hydrogens is 288 g/mol. The number of rotatable bonds is 13. The summed E-state index contributed by atoms with van der Waals surface area (Å²) in [6, 6.07) is 0. The van der Waals surface area contributed by atoms with Crippen LogP contribution in [0.1, 0.15) is 96.8 Å². The topological polar surface area (TPSA) is 35.5 Å². The molecule has 0 spiro atoms. The maximum absolute atomic E-state index is 12.0. The summed E-state index contributed by atoms with van der Waals surface area (Å²) in [5.74, 6) is 0.139. The molecule has 0 aromatic heterocycles. The van der Waals surface area contributed by atoms with E-state index in [1.54, 1.807) is 7.11 Å². The highest BCUT2D eigenvalue weighted by Crippen LogP contribution is 2.26. The van der Waals surface area contributed by atoms with Crippen LogP contribution >= 0.6 is 0 Å². The van der Waals surface area contributed by atoms with E-state index in [0.29, 0.717) is 12.7 Å². The van der Waals surface area contributed by atoms with Gasteiger partial charge in [0.1, 0.15) is 0 Å². The van der Waals surface area contributed by atoms with Crippen molar-refractivity contribution in [3.63, 3.8) is 0 Å². The van der Waals surface area contributed by atoms with Crippen LogP contribution in [0.25, 0.3) is 0 Å². The lowest BCUT2D eigenvalue weighted by Crippen LogP contribution is -2.27. The molecular formula is C20H38O3. The largest absolute Gasteiger partial charge is 0.465 e. The Morgan fingerprint density at radius 3 is 1.87 bits per heavy atom. The Kier molecular flexibility index (Phi) is 12.3. The van der Waals surface area contributed by atoms with Crippen LogP contribution in [-0.2, 0) is 14.3 Å². The zero-order valence-corrected chi connectivity index (χ0v) is 15.5. The molecule has 1 fully saturated rings. The summed E-state index contributed by atoms with van der Waals surface area (Å²) in [7, 11) is 1.76. The van der Waals surface area contributed by atoms with Gasteiger partial charge in [0.2, 0.25) is 0 Å². The number of carbonyl (C=O) groups is 1. The molecule has 0 atom stereocenters. The van der Waals surface area contributed by atoms with Gasteiger partial charge in [-0.1, -0.05) is 64.7 Å². The fourth-order valence-corrected chi connectivity index (χ4v) is 3.41. The molecule has 0 bridgehead atoms. The minimum absolute atomic E-state index is 0.0236. The van der Waals surface area contributed by atoms with Gasteiger partial charge in [-0.2, -0.15) is 0 Å². The molecule has 0 aromatic carbocycles. The number of esters is 1. The highest BCUT2D eigenvalue weighted by atomic mass is 16.5. The molecule has 0 aromatic rings. The van der Waals surface area contributed by atoms with E-state index >= 15 is 0 Å². The van der Waals surface area contributed by atoms with Gasteiger partial charge >= 0.3 is 5.97 Å². The molecule has 0 aliphatic heterocycles. The Morgan fingerprint density at radius 1 is 0.826 bits per heavy atom. The zero-order valence-electron chi connectivity index (χ0n) is 15.5. The Hall–Kier alpha value is -0.570. The van der Waals surface area contributed by atoms with Crippen molar-refractivity contribution in [1.82, 2.24) is 0 Å². The highest BCUT2D eigenvalue weighted by molar-refractivity contribution is 5.72. The number of hydrogen-bond acceptors (Lipinski definition) is 3. The van der Waals surface area contributed by atoms with Crippen molar-refractivity contribution in [1.29, 1.82) is 0 Å². The molecule has 0 heterocycles. The first-order valence-corrected chi connectivity index (χ1v) is 9.97. The van der Waals surface area contributed by atoms with Crippen LogP contribution in [0.2, 0.25) is 0 Å². The summed E-state index contributed by atoms with van der Waals surface area (Å²) in [5.41, 5.74) is 0. The standard InChI is InChI=1S/C20H38O3/c1-3-4-5-6-7-8-9-10-11-12-17-23-20(21)18-13-15-19(22-2)16-14-18/h18-19H,3-17H2,1-2H3. The average Bonchev–Trinajstić information content (AvgIpc) is 2.59. The second-order valence-corrected chi connectivity index (χ2v) is 7.06. The number of carbonyl (C=O) groups excluding carboxylic acids is 1. The summed E-state index contributed by atoms with van der Waals surface area (Å²) >= 11 is 0. The van der Waals surface area contributed by atoms with Gasteiger partial charge in [0.25, 0.3) is 0 Å². The maximum atomic E-state index is 12.0. The van der Waals surface area contributed by atoms with Gasteiger partial charge in [-0.3, -0.25) is 4.79 Å². The quantitative estimate of drug-likeness (QED) is 0.324. The first kappa shape index (κ1) is 20.5. The molecule has 0 amide bonds. The predicted molar refractivity (Wildman–Crippen MR) is 95.6 cm³/mol. The first-order valence-electron chi connectivity index (χ1n) is 9.97. The number of unbranched alkanes of at least 4 members (excludes halogenated alkanes) is 9. The van der Waals surface area contributed by atoms with Crippen LogP contribution in [0.3, 0.4) is 0 Å². The summed E-state index contributed by atoms with van der Waals surface area (Å²) in [6.07, 6.45) is 17.3. The molecule has 3 nitrogen and oxygen atoms in total. The normalized spacial score (nSPS) is 21.3. The van der Waals surface area contributed by atoms with E-state index in [9.17, 15) is 4.79 Å². The van der Waals surface area contributed by atoms with E-state index < -0.39 is 0 Å². The van der Waals surface area contributed by atoms with Crippen molar-refractivity contribution in [2.24, 2.45) is 5.92 Å². The molecule has 0 radical (unpaired) electrons. The molecule has 0 N–H and O–H groups in total. The molecule has 136 valence electrons. The Labute approximate surface area is 143 Å². The summed E-state index contributed by atoms with van der Waals surface area (Å²) < 4.78 is 10.8. The van der Waals surface area contributed by atoms with Crippen molar-refractivity contribution >= 4 is 5.97 Å². The number of ether oxygens (including phenoxy) is 2. The fraction of sp³-hybridized carbons (Fsp3) is 0.950. The van der Waals surface area contributed by atoms with Gasteiger partial charge in [0.15, 0.2) is 0 Å². The van der Waals surface area contributed by atoms with Crippen molar-refractivity contribution < 1.29 is 14.3 Å². The van der Waals surface area contributed by atoms with Crippen molar-refractivity contribution in [2.75, 3.05) is 13.7 Å². The summed E-state index contributed by atoms with van der Waals surface area (Å²) in [5, 5.41) is 0. The smallest absolute Gasteiger partial charge is 0.308 e. The molecule has 23 heavy (non-hydrogen) atoms. The zero-order chi connectivity index (χ0) is 16.8. The second-order valence-electron chi connectivity index (χ2n) is 7.06. The monoisotopic (exact) mass is 326 g/mol. The molecule has 3 heteroatoms. The number of methoxy groups -OCH3 is 1. The lowest BCUT2D eigenvalue weighted by Gasteiger charge is -2.26. The minimum Gasteiger partial charge on any atom is -0.465 e. The molecule has 1 aliphatic carbocycles. The SMILES string of the molecule is CCCCCCCCCCCCOC(=O)C1CCC(OC)CC1. The van der Waals surface area contributed by atoms with E-state index in [0.717, 1.165) is 32.1 Å². The van der Waals surface area contributed by atoms with E-state index in [2.05, 4.69) is 6.92 Å². The van der Waals surface area contributed by atoms with Gasteiger partial charge in [-0.05, 0) is 32.1 Å². The third-order valence-electron chi connectivity index (χ3n) is 5.08. The average molecular weight is 327 g/mol. The first-order chi connectivity index (χ1) is 11.3. The van der Waals surface area contributed by atoms with Crippen LogP contribution in [0.5, 0.6) is 0 Å². The lowest BCUT2D eigenvalue weighted by molar-refractivity contribution is -0.150. The highest BCUT2D eigenvalue weighted by Gasteiger charge is 2.27. The van der Waals surface area contributed by atoms with Crippen LogP contribution in [0, 0.1) is 5.92 Å². The van der Waals surface area contributed by atoms with E-state index in [1.807, 2.05) is 0 Å². The van der Waals surface area contributed by atoms with Crippen LogP contribution in [0.4, 0.5) is 0 Å². The Balaban J connectivity index is 1.86. The Bertz CT molecular complexity index is 283. The number of hydrogen-bond donors (Lipinski definition) is 0.